The average Bonchev–Trinajstić information content (AvgIpc) is 3.36. The molecule has 232 valence electrons. The number of alkyl halides is 3. The van der Waals surface area contributed by atoms with Crippen molar-refractivity contribution in [1.82, 2.24) is 34.6 Å². The minimum atomic E-state index is -4.50. The van der Waals surface area contributed by atoms with E-state index in [-0.39, 0.29) is 11.9 Å². The van der Waals surface area contributed by atoms with E-state index in [0.29, 0.717) is 77.7 Å². The van der Waals surface area contributed by atoms with Gasteiger partial charge >= 0.3 is 6.18 Å². The number of nitrogens with zero attached hydrogens (tertiary/aromatic N) is 8. The zero-order chi connectivity index (χ0) is 30.8. The van der Waals surface area contributed by atoms with Crippen molar-refractivity contribution in [3.8, 4) is 39.9 Å². The molecule has 1 fully saturated rings. The predicted octanol–water partition coefficient (Wildman–Crippen LogP) is 4.32. The summed E-state index contributed by atoms with van der Waals surface area (Å²) in [7, 11) is 3.78. The molecule has 44 heavy (non-hydrogen) atoms. The molecule has 6 rings (SSSR count). The smallest absolute Gasteiger partial charge is 0.422 e. The van der Waals surface area contributed by atoms with E-state index in [1.807, 2.05) is 18.9 Å². The molecule has 1 N–H and O–H groups in total. The summed E-state index contributed by atoms with van der Waals surface area (Å²) in [6.45, 7) is 3.56. The van der Waals surface area contributed by atoms with Crippen LogP contribution in [-0.4, -0.2) is 93.3 Å². The Morgan fingerprint density at radius 3 is 2.61 bits per heavy atom. The van der Waals surface area contributed by atoms with Gasteiger partial charge in [-0.25, -0.2) is 24.6 Å². The largest absolute Gasteiger partial charge is 0.490 e. The van der Waals surface area contributed by atoms with Crippen LogP contribution in [0.5, 0.6) is 17.4 Å². The van der Waals surface area contributed by atoms with Crippen molar-refractivity contribution in [1.29, 1.82) is 0 Å². The summed E-state index contributed by atoms with van der Waals surface area (Å²) in [5.74, 6) is 2.78. The fraction of sp³-hybridized carbons (Fsp3) is 0.414. The van der Waals surface area contributed by atoms with Gasteiger partial charge in [0.1, 0.15) is 22.9 Å². The highest BCUT2D eigenvalue weighted by Crippen LogP contribution is 2.38. The molecular weight excluding hydrogens is 579 g/mol. The van der Waals surface area contributed by atoms with E-state index in [0.717, 1.165) is 13.1 Å². The predicted molar refractivity (Wildman–Crippen MR) is 156 cm³/mol. The molecule has 12 nitrogen and oxygen atoms in total. The maximum atomic E-state index is 13.2. The molecule has 4 aromatic heterocycles. The Morgan fingerprint density at radius 2 is 1.82 bits per heavy atom. The monoisotopic (exact) mass is 611 g/mol. The molecule has 6 heterocycles. The number of rotatable bonds is 4. The molecule has 0 unspecified atom stereocenters. The fourth-order valence-electron chi connectivity index (χ4n) is 4.96. The highest BCUT2D eigenvalue weighted by atomic mass is 19.4. The molecule has 0 aliphatic carbocycles. The Morgan fingerprint density at radius 1 is 1.00 bits per heavy atom. The number of hydrogen-bond acceptors (Lipinski definition) is 11. The van der Waals surface area contributed by atoms with Crippen molar-refractivity contribution in [3.05, 3.63) is 43.0 Å². The summed E-state index contributed by atoms with van der Waals surface area (Å²) in [6.07, 6.45) is 2.20. The lowest BCUT2D eigenvalue weighted by Gasteiger charge is -2.34. The minimum Gasteiger partial charge on any atom is -0.490 e. The molecule has 2 aliphatic heterocycles. The van der Waals surface area contributed by atoms with E-state index >= 15 is 0 Å². The van der Waals surface area contributed by atoms with Crippen LogP contribution in [0.25, 0.3) is 22.5 Å². The maximum Gasteiger partial charge on any atom is 0.422 e. The van der Waals surface area contributed by atoms with Gasteiger partial charge in [-0.15, -0.1) is 0 Å². The van der Waals surface area contributed by atoms with Gasteiger partial charge in [-0.05, 0) is 26.1 Å². The van der Waals surface area contributed by atoms with Crippen LogP contribution < -0.4 is 24.4 Å². The van der Waals surface area contributed by atoms with Gasteiger partial charge in [-0.1, -0.05) is 0 Å². The number of hydrogen-bond donors (Lipinski definition) is 1. The first-order chi connectivity index (χ1) is 21.1. The van der Waals surface area contributed by atoms with Crippen LogP contribution >= 0.6 is 0 Å². The van der Waals surface area contributed by atoms with Crippen molar-refractivity contribution >= 4 is 17.5 Å². The van der Waals surface area contributed by atoms with Crippen LogP contribution in [0.2, 0.25) is 0 Å². The molecule has 0 aromatic carbocycles. The highest BCUT2D eigenvalue weighted by Gasteiger charge is 2.30. The standard InChI is InChI=1S/C29H32F3N9O3/c1-18-5-11-42-28-21(16-36-40(28)3)26-33-6-4-24(38-26)37-25-13-22(44-18)20(15-34-25)19-12-23(43-17-29(30,31)32)27(35-14-19)41-9-7-39(2)8-10-41/h4,6,12-16,18H,5,7-11,17H2,1-3H3,(H,33,34,37,38)/t18-/m0/s1. The van der Waals surface area contributed by atoms with E-state index in [9.17, 15) is 13.2 Å². The summed E-state index contributed by atoms with van der Waals surface area (Å²) in [5, 5.41) is 7.49. The quantitative estimate of drug-likeness (QED) is 0.356. The summed E-state index contributed by atoms with van der Waals surface area (Å²) < 4.78 is 59.0. The number of nitrogens with one attached hydrogen (secondary N) is 1. The van der Waals surface area contributed by atoms with Crippen molar-refractivity contribution in [2.75, 3.05) is 56.7 Å². The van der Waals surface area contributed by atoms with Crippen molar-refractivity contribution in [3.63, 3.8) is 0 Å². The topological polar surface area (TPSA) is 116 Å². The number of pyridine rings is 2. The normalized spacial score (nSPS) is 17.5. The molecule has 0 spiro atoms. The second kappa shape index (κ2) is 12.1. The van der Waals surface area contributed by atoms with Gasteiger partial charge in [0.05, 0.1) is 18.9 Å². The van der Waals surface area contributed by atoms with Gasteiger partial charge in [0.2, 0.25) is 5.88 Å². The number of ether oxygens (including phenoxy) is 3. The molecule has 0 radical (unpaired) electrons. The fourth-order valence-corrected chi connectivity index (χ4v) is 4.96. The van der Waals surface area contributed by atoms with Gasteiger partial charge in [0.25, 0.3) is 0 Å². The Hall–Kier alpha value is -4.66. The maximum absolute atomic E-state index is 13.2. The molecule has 15 heteroatoms. The Balaban J connectivity index is 1.36. The van der Waals surface area contributed by atoms with Crippen molar-refractivity contribution < 1.29 is 27.4 Å². The zero-order valence-electron chi connectivity index (χ0n) is 24.5. The van der Waals surface area contributed by atoms with Gasteiger partial charge < -0.3 is 29.3 Å². The van der Waals surface area contributed by atoms with Crippen molar-refractivity contribution in [2.24, 2.45) is 7.05 Å². The zero-order valence-corrected chi connectivity index (χ0v) is 24.5. The molecule has 1 saturated heterocycles. The lowest BCUT2D eigenvalue weighted by atomic mass is 10.1. The lowest BCUT2D eigenvalue weighted by Crippen LogP contribution is -2.45. The lowest BCUT2D eigenvalue weighted by molar-refractivity contribution is -0.153. The number of likely N-dealkylation sites (N-methyl/N-ethyl adjacent to an activating group) is 1. The van der Waals surface area contributed by atoms with E-state index in [1.54, 1.807) is 54.7 Å². The van der Waals surface area contributed by atoms with E-state index < -0.39 is 12.8 Å². The molecule has 4 aromatic rings. The Labute approximate surface area is 251 Å². The van der Waals surface area contributed by atoms with Crippen molar-refractivity contribution in [2.45, 2.75) is 25.6 Å². The van der Waals surface area contributed by atoms with Crippen LogP contribution in [0, 0.1) is 0 Å². The number of halogens is 3. The molecule has 1 atom stereocenters. The second-order valence-corrected chi connectivity index (χ2v) is 10.7. The minimum absolute atomic E-state index is 0.0432. The number of fused-ring (bicyclic) bond motifs is 6. The van der Waals surface area contributed by atoms with Crippen LogP contribution in [0.15, 0.2) is 43.0 Å². The molecule has 0 saturated carbocycles. The number of aryl methyl sites for hydroxylation is 1. The average molecular weight is 612 g/mol. The first-order valence-electron chi connectivity index (χ1n) is 14.2. The van der Waals surface area contributed by atoms with Crippen LogP contribution in [-0.2, 0) is 7.05 Å². The van der Waals surface area contributed by atoms with Crippen LogP contribution in [0.1, 0.15) is 13.3 Å². The van der Waals surface area contributed by atoms with Gasteiger partial charge in [-0.3, -0.25) is 0 Å². The molecule has 4 bridgehead atoms. The number of piperazine rings is 1. The molecule has 2 aliphatic rings. The summed E-state index contributed by atoms with van der Waals surface area (Å²) in [5.41, 5.74) is 1.70. The van der Waals surface area contributed by atoms with Crippen LogP contribution in [0.3, 0.4) is 0 Å². The first kappa shape index (κ1) is 29.4. The summed E-state index contributed by atoms with van der Waals surface area (Å²) >= 11 is 0. The molecule has 0 amide bonds. The third-order valence-electron chi connectivity index (χ3n) is 7.33. The van der Waals surface area contributed by atoms with Crippen LogP contribution in [0.4, 0.5) is 30.6 Å². The van der Waals surface area contributed by atoms with E-state index in [2.05, 4.69) is 35.3 Å². The van der Waals surface area contributed by atoms with Gasteiger partial charge in [0.15, 0.2) is 24.0 Å². The number of anilines is 3. The number of aromatic nitrogens is 6. The van der Waals surface area contributed by atoms with E-state index in [1.165, 1.54) is 0 Å². The second-order valence-electron chi connectivity index (χ2n) is 10.7. The highest BCUT2D eigenvalue weighted by molar-refractivity contribution is 5.75. The van der Waals surface area contributed by atoms with Gasteiger partial charge in [0, 0.05) is 75.4 Å². The first-order valence-corrected chi connectivity index (χ1v) is 14.2. The summed E-state index contributed by atoms with van der Waals surface area (Å²) in [4.78, 5) is 22.2. The Bertz CT molecular complexity index is 1620. The molecular formula is C29H32F3N9O3. The summed E-state index contributed by atoms with van der Waals surface area (Å²) in [6, 6.07) is 4.99. The van der Waals surface area contributed by atoms with Gasteiger partial charge in [-0.2, -0.15) is 18.3 Å². The SMILES string of the molecule is C[C@H]1CCOc2c(cnn2C)-c2nccc(n2)Nc2cc(c(-c3cnc(N4CCN(C)CC4)c(OCC(F)(F)F)c3)cn2)O1. The Kier molecular flexibility index (Phi) is 8.12. The third-order valence-corrected chi connectivity index (χ3v) is 7.33. The van der Waals surface area contributed by atoms with E-state index in [4.69, 9.17) is 14.2 Å². The third kappa shape index (κ3) is 6.61.